The minimum absolute atomic E-state index is 0.00276. The summed E-state index contributed by atoms with van der Waals surface area (Å²) in [4.78, 5) is 18.1. The number of allylic oxidation sites excluding steroid dienone is 1. The molecule has 1 aromatic carbocycles. The van der Waals surface area contributed by atoms with E-state index in [1.165, 1.54) is 30.2 Å². The van der Waals surface area contributed by atoms with Gasteiger partial charge in [0.2, 0.25) is 0 Å². The molecule has 0 saturated heterocycles. The zero-order valence-corrected chi connectivity index (χ0v) is 21.8. The van der Waals surface area contributed by atoms with Gasteiger partial charge in [-0.05, 0) is 30.5 Å². The number of aliphatic imine (C=N–C) groups is 1. The van der Waals surface area contributed by atoms with Crippen LogP contribution in [0.4, 0.5) is 45.3 Å². The number of amides is 1. The highest BCUT2D eigenvalue weighted by atomic mass is 35.5. The van der Waals surface area contributed by atoms with Crippen LogP contribution in [-0.2, 0) is 17.5 Å². The smallest absolute Gasteiger partial charge is 0.429 e. The van der Waals surface area contributed by atoms with E-state index in [-0.39, 0.29) is 39.2 Å². The Balaban J connectivity index is 2.08. The third-order valence-electron chi connectivity index (χ3n) is 5.84. The summed E-state index contributed by atoms with van der Waals surface area (Å²) in [5.41, 5.74) is -3.04. The Kier molecular flexibility index (Phi) is 9.22. The highest BCUT2D eigenvalue weighted by Gasteiger charge is 2.76. The van der Waals surface area contributed by atoms with Crippen molar-refractivity contribution in [3.8, 4) is 5.75 Å². The Labute approximate surface area is 231 Å². The SMILES string of the molecule is COCN(C(=O)c1cc(C(C=Nc2c(OC(F)F)c(C(F)(C(F)(F)F)C(F)(F)F)nn2C)=CN)ccc1Cl)C1CC1. The minimum atomic E-state index is -6.66. The average molecular weight is 622 g/mol. The number of nitrogens with two attached hydrogens (primary N) is 1. The van der Waals surface area contributed by atoms with Crippen molar-refractivity contribution < 1.29 is 53.8 Å². The predicted octanol–water partition coefficient (Wildman–Crippen LogP) is 5.87. The molecule has 2 N–H and O–H groups in total. The fourth-order valence-corrected chi connectivity index (χ4v) is 3.91. The number of benzene rings is 1. The van der Waals surface area contributed by atoms with E-state index in [0.717, 1.165) is 32.3 Å². The molecule has 1 aromatic heterocycles. The van der Waals surface area contributed by atoms with Gasteiger partial charge in [0, 0.05) is 38.2 Å². The molecule has 1 fully saturated rings. The van der Waals surface area contributed by atoms with Gasteiger partial charge in [-0.25, -0.2) is 14.1 Å². The Bertz CT molecular complexity index is 1320. The van der Waals surface area contributed by atoms with Crippen LogP contribution in [0.25, 0.3) is 5.57 Å². The Morgan fingerprint density at radius 3 is 2.32 bits per heavy atom. The van der Waals surface area contributed by atoms with Crippen molar-refractivity contribution >= 4 is 35.1 Å². The van der Waals surface area contributed by atoms with Crippen LogP contribution in [0, 0.1) is 0 Å². The molecule has 1 aliphatic rings. The predicted molar refractivity (Wildman–Crippen MR) is 128 cm³/mol. The Morgan fingerprint density at radius 2 is 1.83 bits per heavy atom. The Hall–Kier alpha value is -3.47. The van der Waals surface area contributed by atoms with E-state index in [1.54, 1.807) is 0 Å². The number of carbonyl (C=O) groups is 1. The molecule has 0 unspecified atom stereocenters. The lowest BCUT2D eigenvalue weighted by atomic mass is 9.99. The number of alkyl halides is 9. The van der Waals surface area contributed by atoms with Crippen molar-refractivity contribution in [2.45, 2.75) is 43.5 Å². The number of hydrogen-bond acceptors (Lipinski definition) is 6. The van der Waals surface area contributed by atoms with Gasteiger partial charge in [0.1, 0.15) is 6.73 Å². The van der Waals surface area contributed by atoms with Gasteiger partial charge in [0.15, 0.2) is 17.3 Å². The number of nitrogens with zero attached hydrogens (tertiary/aromatic N) is 4. The molecule has 1 heterocycles. The van der Waals surface area contributed by atoms with Gasteiger partial charge in [-0.3, -0.25) is 4.79 Å². The maximum atomic E-state index is 14.7. The van der Waals surface area contributed by atoms with E-state index < -0.39 is 47.8 Å². The quantitative estimate of drug-likeness (QED) is 0.203. The first-order valence-corrected chi connectivity index (χ1v) is 11.8. The topological polar surface area (TPSA) is 95.0 Å². The van der Waals surface area contributed by atoms with Crippen LogP contribution in [0.2, 0.25) is 5.02 Å². The normalized spacial score (nSPS) is 15.2. The molecule has 226 valence electrons. The molecule has 1 amide bonds. The van der Waals surface area contributed by atoms with Gasteiger partial charge < -0.3 is 20.1 Å². The maximum absolute atomic E-state index is 14.7. The molecule has 41 heavy (non-hydrogen) atoms. The van der Waals surface area contributed by atoms with Crippen LogP contribution in [-0.4, -0.2) is 65.6 Å². The first kappa shape index (κ1) is 32.0. The fourth-order valence-electron chi connectivity index (χ4n) is 3.71. The number of carbonyl (C=O) groups excluding carboxylic acids is 1. The molecule has 1 saturated carbocycles. The van der Waals surface area contributed by atoms with Crippen molar-refractivity contribution in [1.82, 2.24) is 14.7 Å². The molecule has 0 radical (unpaired) electrons. The summed E-state index contributed by atoms with van der Waals surface area (Å²) in [5, 5.41) is 2.89. The summed E-state index contributed by atoms with van der Waals surface area (Å²) >= 11 is 6.20. The molecule has 0 atom stereocenters. The van der Waals surface area contributed by atoms with E-state index in [1.807, 2.05) is 0 Å². The first-order chi connectivity index (χ1) is 19.0. The number of rotatable bonds is 10. The van der Waals surface area contributed by atoms with Crippen molar-refractivity contribution in [3.05, 3.63) is 46.2 Å². The van der Waals surface area contributed by atoms with Crippen molar-refractivity contribution in [3.63, 3.8) is 0 Å². The van der Waals surface area contributed by atoms with Crippen LogP contribution in [0.5, 0.6) is 5.75 Å². The van der Waals surface area contributed by atoms with E-state index in [2.05, 4.69) is 14.8 Å². The molecular formula is C23H21ClF9N5O3. The van der Waals surface area contributed by atoms with Gasteiger partial charge in [-0.1, -0.05) is 17.7 Å². The molecule has 0 aliphatic heterocycles. The third-order valence-corrected chi connectivity index (χ3v) is 6.17. The highest BCUT2D eigenvalue weighted by molar-refractivity contribution is 6.34. The summed E-state index contributed by atoms with van der Waals surface area (Å²) in [5.74, 6) is -3.53. The second-order valence-corrected chi connectivity index (χ2v) is 9.06. The van der Waals surface area contributed by atoms with Crippen LogP contribution < -0.4 is 10.5 Å². The summed E-state index contributed by atoms with van der Waals surface area (Å²) in [6.07, 6.45) is -10.2. The molecule has 0 bridgehead atoms. The molecule has 1 aliphatic carbocycles. The van der Waals surface area contributed by atoms with E-state index in [0.29, 0.717) is 0 Å². The summed E-state index contributed by atoms with van der Waals surface area (Å²) in [6, 6.07) is 3.88. The monoisotopic (exact) mass is 621 g/mol. The van der Waals surface area contributed by atoms with Crippen LogP contribution >= 0.6 is 11.6 Å². The average Bonchev–Trinajstić information content (AvgIpc) is 3.66. The second-order valence-electron chi connectivity index (χ2n) is 8.66. The Morgan fingerprint density at radius 1 is 1.22 bits per heavy atom. The van der Waals surface area contributed by atoms with Gasteiger partial charge in [0.25, 0.3) is 5.91 Å². The van der Waals surface area contributed by atoms with Crippen LogP contribution in [0.15, 0.2) is 29.4 Å². The molecule has 2 aromatic rings. The molecule has 3 rings (SSSR count). The lowest BCUT2D eigenvalue weighted by Crippen LogP contribution is -2.51. The highest BCUT2D eigenvalue weighted by Crippen LogP contribution is 2.56. The van der Waals surface area contributed by atoms with E-state index in [4.69, 9.17) is 22.1 Å². The first-order valence-electron chi connectivity index (χ1n) is 11.4. The standard InChI is InChI=1S/C23H21ClF9N5O3/c1-37-18(16(41-20(25)26)17(36-37)21(27,22(28,29)30)23(31,32)33)35-9-12(8-34)11-3-6-15(24)14(7-11)19(39)38(10-40-2)13-4-5-13/h3,6-9,13,20H,4-5,10,34H2,1-2H3. The van der Waals surface area contributed by atoms with Crippen molar-refractivity contribution in [2.75, 3.05) is 13.8 Å². The fraction of sp³-hybridized carbons (Fsp3) is 0.435. The maximum Gasteiger partial charge on any atom is 0.437 e. The summed E-state index contributed by atoms with van der Waals surface area (Å²) < 4.78 is 130. The number of halogens is 10. The lowest BCUT2D eigenvalue weighted by Gasteiger charge is -2.28. The zero-order chi connectivity index (χ0) is 30.9. The van der Waals surface area contributed by atoms with Crippen LogP contribution in [0.1, 0.15) is 34.5 Å². The van der Waals surface area contributed by atoms with Gasteiger partial charge in [-0.15, -0.1) is 0 Å². The van der Waals surface area contributed by atoms with Crippen molar-refractivity contribution in [2.24, 2.45) is 17.8 Å². The van der Waals surface area contributed by atoms with E-state index >= 15 is 0 Å². The number of aromatic nitrogens is 2. The third kappa shape index (κ3) is 6.39. The number of methoxy groups -OCH3 is 1. The number of aryl methyl sites for hydroxylation is 1. The number of ether oxygens (including phenoxy) is 2. The molecular weight excluding hydrogens is 601 g/mol. The van der Waals surface area contributed by atoms with Gasteiger partial charge >= 0.3 is 24.6 Å². The second kappa shape index (κ2) is 11.8. The van der Waals surface area contributed by atoms with Crippen molar-refractivity contribution in [1.29, 1.82) is 0 Å². The van der Waals surface area contributed by atoms with Gasteiger partial charge in [0.05, 0.1) is 10.6 Å². The van der Waals surface area contributed by atoms with Crippen LogP contribution in [0.3, 0.4) is 0 Å². The zero-order valence-electron chi connectivity index (χ0n) is 21.0. The molecule has 0 spiro atoms. The largest absolute Gasteiger partial charge is 0.437 e. The van der Waals surface area contributed by atoms with Gasteiger partial charge in [-0.2, -0.15) is 40.2 Å². The molecule has 18 heteroatoms. The minimum Gasteiger partial charge on any atom is -0.429 e. The number of hydrogen-bond donors (Lipinski definition) is 1. The lowest BCUT2D eigenvalue weighted by molar-refractivity contribution is -0.350. The molecule has 8 nitrogen and oxygen atoms in total. The summed E-state index contributed by atoms with van der Waals surface area (Å²) in [7, 11) is 2.12. The summed E-state index contributed by atoms with van der Waals surface area (Å²) in [6.45, 7) is -4.01. The van der Waals surface area contributed by atoms with E-state index in [9.17, 15) is 44.3 Å².